The highest BCUT2D eigenvalue weighted by Gasteiger charge is 2.25. The molecule has 17 heavy (non-hydrogen) atoms. The molecule has 0 fully saturated rings. The zero-order valence-corrected chi connectivity index (χ0v) is 11.3. The Kier molecular flexibility index (Phi) is 6.16. The van der Waals surface area contributed by atoms with Crippen LogP contribution in [-0.2, 0) is 9.59 Å². The van der Waals surface area contributed by atoms with Gasteiger partial charge in [-0.2, -0.15) is 0 Å². The van der Waals surface area contributed by atoms with Crippen LogP contribution >= 0.6 is 0 Å². The Morgan fingerprint density at radius 2 is 1.82 bits per heavy atom. The molecule has 100 valence electrons. The topological polar surface area (TPSA) is 78.4 Å². The highest BCUT2D eigenvalue weighted by molar-refractivity contribution is 5.84. The summed E-state index contributed by atoms with van der Waals surface area (Å²) >= 11 is 0. The number of amides is 1. The van der Waals surface area contributed by atoms with Crippen LogP contribution in [0.2, 0.25) is 0 Å². The van der Waals surface area contributed by atoms with Gasteiger partial charge in [0.05, 0.1) is 6.54 Å². The Morgan fingerprint density at radius 1 is 1.29 bits per heavy atom. The van der Waals surface area contributed by atoms with Crippen molar-refractivity contribution in [2.45, 2.75) is 52.6 Å². The molecule has 0 aliphatic heterocycles. The van der Waals surface area contributed by atoms with E-state index >= 15 is 0 Å². The number of nitrogens with one attached hydrogen (secondary N) is 2. The van der Waals surface area contributed by atoms with Gasteiger partial charge in [-0.05, 0) is 26.7 Å². The van der Waals surface area contributed by atoms with Gasteiger partial charge in [0.1, 0.15) is 6.04 Å². The van der Waals surface area contributed by atoms with Gasteiger partial charge in [-0.3, -0.25) is 4.79 Å². The molecule has 5 heteroatoms. The van der Waals surface area contributed by atoms with Crippen molar-refractivity contribution in [2.75, 3.05) is 6.54 Å². The second-order valence-corrected chi connectivity index (χ2v) is 5.37. The number of carboxylic acid groups (broad SMARTS) is 1. The van der Waals surface area contributed by atoms with Crippen molar-refractivity contribution < 1.29 is 14.7 Å². The van der Waals surface area contributed by atoms with Gasteiger partial charge in [0, 0.05) is 5.54 Å². The normalized spacial score (nSPS) is 15.1. The summed E-state index contributed by atoms with van der Waals surface area (Å²) in [7, 11) is 0. The fraction of sp³-hybridized carbons (Fsp3) is 0.833. The molecule has 1 amide bonds. The van der Waals surface area contributed by atoms with E-state index in [0.717, 1.165) is 0 Å². The number of hydrogen-bond acceptors (Lipinski definition) is 3. The summed E-state index contributed by atoms with van der Waals surface area (Å²) < 4.78 is 0. The largest absolute Gasteiger partial charge is 0.480 e. The van der Waals surface area contributed by atoms with Gasteiger partial charge in [0.15, 0.2) is 0 Å². The van der Waals surface area contributed by atoms with E-state index in [2.05, 4.69) is 10.6 Å². The van der Waals surface area contributed by atoms with Crippen molar-refractivity contribution in [1.82, 2.24) is 10.6 Å². The summed E-state index contributed by atoms with van der Waals surface area (Å²) in [6.07, 6.45) is 0.712. The predicted molar refractivity (Wildman–Crippen MR) is 66.8 cm³/mol. The minimum Gasteiger partial charge on any atom is -0.480 e. The van der Waals surface area contributed by atoms with Crippen LogP contribution in [0.5, 0.6) is 0 Å². The molecule has 0 rings (SSSR count). The summed E-state index contributed by atoms with van der Waals surface area (Å²) in [5, 5.41) is 14.6. The van der Waals surface area contributed by atoms with Crippen LogP contribution in [0, 0.1) is 5.92 Å². The Bertz CT molecular complexity index is 271. The second kappa shape index (κ2) is 6.59. The van der Waals surface area contributed by atoms with E-state index < -0.39 is 12.0 Å². The van der Waals surface area contributed by atoms with E-state index in [9.17, 15) is 9.59 Å². The summed E-state index contributed by atoms with van der Waals surface area (Å²) in [5.41, 5.74) is -0.160. The first-order valence-electron chi connectivity index (χ1n) is 5.94. The molecule has 0 saturated carbocycles. The smallest absolute Gasteiger partial charge is 0.326 e. The molecular formula is C12H24N2O3. The molecule has 0 aromatic rings. The van der Waals surface area contributed by atoms with Crippen LogP contribution in [0.15, 0.2) is 0 Å². The van der Waals surface area contributed by atoms with E-state index in [0.29, 0.717) is 6.42 Å². The van der Waals surface area contributed by atoms with Crippen molar-refractivity contribution in [3.05, 3.63) is 0 Å². The van der Waals surface area contributed by atoms with Gasteiger partial charge in [0.2, 0.25) is 5.91 Å². The summed E-state index contributed by atoms with van der Waals surface area (Å²) in [6.45, 7) is 9.69. The van der Waals surface area contributed by atoms with Crippen molar-refractivity contribution in [2.24, 2.45) is 5.92 Å². The number of rotatable bonds is 6. The Labute approximate surface area is 103 Å². The maximum atomic E-state index is 11.6. The van der Waals surface area contributed by atoms with Crippen molar-refractivity contribution in [1.29, 1.82) is 0 Å². The van der Waals surface area contributed by atoms with Crippen LogP contribution in [0.1, 0.15) is 41.0 Å². The molecule has 0 radical (unpaired) electrons. The van der Waals surface area contributed by atoms with Gasteiger partial charge in [-0.15, -0.1) is 0 Å². The summed E-state index contributed by atoms with van der Waals surface area (Å²) in [4.78, 5) is 22.6. The Hall–Kier alpha value is -1.10. The van der Waals surface area contributed by atoms with Gasteiger partial charge in [-0.25, -0.2) is 4.79 Å². The first kappa shape index (κ1) is 15.9. The molecule has 0 aromatic heterocycles. The standard InChI is InChI=1S/C12H24N2O3/c1-6-8(2)10(11(16)17)14-9(15)7-13-12(3,4)5/h8,10,13H,6-7H2,1-5H3,(H,14,15)(H,16,17)/t8?,10-/m0/s1. The highest BCUT2D eigenvalue weighted by Crippen LogP contribution is 2.07. The number of hydrogen-bond donors (Lipinski definition) is 3. The number of carbonyl (C=O) groups is 2. The fourth-order valence-corrected chi connectivity index (χ4v) is 1.25. The molecule has 5 nitrogen and oxygen atoms in total. The number of carbonyl (C=O) groups excluding carboxylic acids is 1. The molecule has 2 atom stereocenters. The van der Waals surface area contributed by atoms with Crippen molar-refractivity contribution in [3.8, 4) is 0 Å². The third-order valence-corrected chi connectivity index (χ3v) is 2.57. The molecule has 0 spiro atoms. The van der Waals surface area contributed by atoms with Crippen LogP contribution in [-0.4, -0.2) is 35.1 Å². The van der Waals surface area contributed by atoms with E-state index in [1.54, 1.807) is 0 Å². The lowest BCUT2D eigenvalue weighted by atomic mass is 9.99. The molecule has 0 bridgehead atoms. The average molecular weight is 244 g/mol. The molecule has 3 N–H and O–H groups in total. The van der Waals surface area contributed by atoms with E-state index in [1.807, 2.05) is 34.6 Å². The average Bonchev–Trinajstić information content (AvgIpc) is 2.20. The second-order valence-electron chi connectivity index (χ2n) is 5.37. The summed E-state index contributed by atoms with van der Waals surface area (Å²) in [6, 6.07) is -0.811. The number of carboxylic acids is 1. The van der Waals surface area contributed by atoms with Gasteiger partial charge in [-0.1, -0.05) is 20.3 Å². The summed E-state index contributed by atoms with van der Waals surface area (Å²) in [5.74, 6) is -1.35. The molecule has 0 heterocycles. The zero-order valence-electron chi connectivity index (χ0n) is 11.3. The van der Waals surface area contributed by atoms with E-state index in [1.165, 1.54) is 0 Å². The van der Waals surface area contributed by atoms with Crippen molar-refractivity contribution in [3.63, 3.8) is 0 Å². The van der Waals surface area contributed by atoms with Gasteiger partial charge >= 0.3 is 5.97 Å². The molecule has 0 saturated heterocycles. The highest BCUT2D eigenvalue weighted by atomic mass is 16.4. The third kappa shape index (κ3) is 6.94. The van der Waals surface area contributed by atoms with E-state index in [4.69, 9.17) is 5.11 Å². The quantitative estimate of drug-likeness (QED) is 0.651. The maximum Gasteiger partial charge on any atom is 0.326 e. The molecule has 0 aliphatic rings. The monoisotopic (exact) mass is 244 g/mol. The first-order valence-corrected chi connectivity index (χ1v) is 5.94. The van der Waals surface area contributed by atoms with E-state index in [-0.39, 0.29) is 23.9 Å². The van der Waals surface area contributed by atoms with Crippen LogP contribution < -0.4 is 10.6 Å². The lowest BCUT2D eigenvalue weighted by Gasteiger charge is -2.23. The fourth-order valence-electron chi connectivity index (χ4n) is 1.25. The lowest BCUT2D eigenvalue weighted by molar-refractivity contribution is -0.143. The number of aliphatic carboxylic acids is 1. The molecule has 0 aliphatic carbocycles. The Balaban J connectivity index is 4.28. The lowest BCUT2D eigenvalue weighted by Crippen LogP contribution is -2.50. The van der Waals surface area contributed by atoms with Gasteiger partial charge in [0.25, 0.3) is 0 Å². The molecule has 1 unspecified atom stereocenters. The molecule has 0 aromatic carbocycles. The first-order chi connectivity index (χ1) is 7.67. The van der Waals surface area contributed by atoms with Crippen LogP contribution in [0.4, 0.5) is 0 Å². The third-order valence-electron chi connectivity index (χ3n) is 2.57. The minimum absolute atomic E-state index is 0.0777. The predicted octanol–water partition coefficient (Wildman–Crippen LogP) is 0.990. The van der Waals surface area contributed by atoms with Gasteiger partial charge < -0.3 is 15.7 Å². The SMILES string of the molecule is CCC(C)[C@H](NC(=O)CNC(C)(C)C)C(=O)O. The Morgan fingerprint density at radius 3 is 2.18 bits per heavy atom. The minimum atomic E-state index is -0.983. The zero-order chi connectivity index (χ0) is 13.6. The van der Waals surface area contributed by atoms with Crippen LogP contribution in [0.3, 0.4) is 0 Å². The van der Waals surface area contributed by atoms with Crippen molar-refractivity contribution >= 4 is 11.9 Å². The van der Waals surface area contributed by atoms with Crippen LogP contribution in [0.25, 0.3) is 0 Å². The molecular weight excluding hydrogens is 220 g/mol. The maximum absolute atomic E-state index is 11.6.